The van der Waals surface area contributed by atoms with Crippen LogP contribution in [0.15, 0.2) is 18.2 Å². The molecule has 1 aromatic carbocycles. The zero-order valence-electron chi connectivity index (χ0n) is 12.5. The second-order valence-electron chi connectivity index (χ2n) is 6.35. The largest absolute Gasteiger partial charge is 0.365 e. The van der Waals surface area contributed by atoms with Crippen LogP contribution in [0.3, 0.4) is 0 Å². The van der Waals surface area contributed by atoms with Crippen molar-refractivity contribution < 1.29 is 0 Å². The first kappa shape index (κ1) is 14.2. The van der Waals surface area contributed by atoms with Gasteiger partial charge in [-0.2, -0.15) is 0 Å². The molecule has 2 bridgehead atoms. The number of hydrogen-bond acceptors (Lipinski definition) is 2. The van der Waals surface area contributed by atoms with Crippen molar-refractivity contribution in [2.75, 3.05) is 11.4 Å². The summed E-state index contributed by atoms with van der Waals surface area (Å²) in [6.07, 6.45) is 6.45. The summed E-state index contributed by atoms with van der Waals surface area (Å²) >= 11 is 6.31. The lowest BCUT2D eigenvalue weighted by Crippen LogP contribution is -2.49. The number of fused-ring (bicyclic) bond motifs is 2. The molecule has 20 heavy (non-hydrogen) atoms. The van der Waals surface area contributed by atoms with Crippen molar-refractivity contribution in [1.29, 1.82) is 0 Å². The van der Waals surface area contributed by atoms with Gasteiger partial charge in [0.25, 0.3) is 0 Å². The van der Waals surface area contributed by atoms with Crippen molar-refractivity contribution >= 4 is 17.3 Å². The van der Waals surface area contributed by atoms with E-state index in [0.717, 1.165) is 11.6 Å². The Kier molecular flexibility index (Phi) is 4.23. The number of halogens is 1. The highest BCUT2D eigenvalue weighted by molar-refractivity contribution is 6.31. The van der Waals surface area contributed by atoms with Crippen LogP contribution in [0.5, 0.6) is 0 Å². The Morgan fingerprint density at radius 1 is 1.25 bits per heavy atom. The summed E-state index contributed by atoms with van der Waals surface area (Å²) in [5, 5.41) is 4.61. The first-order valence-electron chi connectivity index (χ1n) is 7.97. The molecule has 0 saturated carbocycles. The number of benzene rings is 1. The van der Waals surface area contributed by atoms with Crippen LogP contribution in [-0.4, -0.2) is 24.7 Å². The van der Waals surface area contributed by atoms with E-state index >= 15 is 0 Å². The molecule has 2 fully saturated rings. The summed E-state index contributed by atoms with van der Waals surface area (Å²) in [6.45, 7) is 5.47. The third kappa shape index (κ3) is 2.68. The van der Waals surface area contributed by atoms with Crippen molar-refractivity contribution in [2.45, 2.75) is 64.1 Å². The molecule has 2 heterocycles. The van der Waals surface area contributed by atoms with Gasteiger partial charge in [-0.3, -0.25) is 0 Å². The van der Waals surface area contributed by atoms with Crippen molar-refractivity contribution in [2.24, 2.45) is 0 Å². The molecule has 110 valence electrons. The predicted molar refractivity (Wildman–Crippen MR) is 86.8 cm³/mol. The van der Waals surface area contributed by atoms with Crippen LogP contribution in [-0.2, 0) is 0 Å². The maximum atomic E-state index is 6.31. The zero-order valence-corrected chi connectivity index (χ0v) is 13.3. The van der Waals surface area contributed by atoms with E-state index in [1.165, 1.54) is 43.4 Å². The van der Waals surface area contributed by atoms with Crippen molar-refractivity contribution in [1.82, 2.24) is 5.32 Å². The average Bonchev–Trinajstić information content (AvgIpc) is 2.71. The van der Waals surface area contributed by atoms with E-state index in [0.29, 0.717) is 18.1 Å². The highest BCUT2D eigenvalue weighted by Crippen LogP contribution is 2.40. The number of nitrogens with one attached hydrogen (secondary N) is 1. The van der Waals surface area contributed by atoms with Crippen molar-refractivity contribution in [3.8, 4) is 0 Å². The first-order chi connectivity index (χ1) is 9.69. The van der Waals surface area contributed by atoms with Gasteiger partial charge in [-0.1, -0.05) is 24.6 Å². The molecule has 1 N–H and O–H groups in total. The molecular formula is C17H25ClN2. The molecule has 0 aromatic heterocycles. The standard InChI is InChI=1S/C17H25ClN2/c1-3-8-19-13-9-14-6-7-15(10-13)20(14)16-5-4-12(2)17(18)11-16/h4-5,11,13-15,19H,3,6-10H2,1-2H3. The van der Waals surface area contributed by atoms with Gasteiger partial charge < -0.3 is 10.2 Å². The van der Waals surface area contributed by atoms with E-state index in [4.69, 9.17) is 11.6 Å². The average molecular weight is 293 g/mol. The molecule has 2 aliphatic rings. The Bertz CT molecular complexity index is 460. The highest BCUT2D eigenvalue weighted by atomic mass is 35.5. The zero-order chi connectivity index (χ0) is 14.1. The lowest BCUT2D eigenvalue weighted by Gasteiger charge is -2.41. The van der Waals surface area contributed by atoms with E-state index in [-0.39, 0.29) is 0 Å². The lowest BCUT2D eigenvalue weighted by atomic mass is 9.96. The van der Waals surface area contributed by atoms with Gasteiger partial charge in [0.1, 0.15) is 0 Å². The molecule has 0 aliphatic carbocycles. The summed E-state index contributed by atoms with van der Waals surface area (Å²) in [4.78, 5) is 2.63. The Morgan fingerprint density at radius 2 is 1.95 bits per heavy atom. The van der Waals surface area contributed by atoms with Crippen LogP contribution in [0, 0.1) is 6.92 Å². The Hall–Kier alpha value is -0.730. The molecule has 0 amide bonds. The molecule has 0 radical (unpaired) electrons. The van der Waals surface area contributed by atoms with Gasteiger partial charge in [0, 0.05) is 28.8 Å². The monoisotopic (exact) mass is 292 g/mol. The predicted octanol–water partition coefficient (Wildman–Crippen LogP) is 4.15. The molecule has 2 atom stereocenters. The Morgan fingerprint density at radius 3 is 2.55 bits per heavy atom. The van der Waals surface area contributed by atoms with E-state index in [1.54, 1.807) is 0 Å². The lowest BCUT2D eigenvalue weighted by molar-refractivity contribution is 0.357. The van der Waals surface area contributed by atoms with Crippen molar-refractivity contribution in [3.05, 3.63) is 28.8 Å². The van der Waals surface area contributed by atoms with Gasteiger partial charge >= 0.3 is 0 Å². The minimum Gasteiger partial charge on any atom is -0.365 e. The smallest absolute Gasteiger partial charge is 0.0455 e. The minimum absolute atomic E-state index is 0.696. The fraction of sp³-hybridized carbons (Fsp3) is 0.647. The molecular weight excluding hydrogens is 268 g/mol. The molecule has 3 heteroatoms. The molecule has 0 spiro atoms. The second kappa shape index (κ2) is 5.95. The van der Waals surface area contributed by atoms with Gasteiger partial charge in [-0.05, 0) is 63.3 Å². The third-order valence-corrected chi connectivity index (χ3v) is 5.28. The van der Waals surface area contributed by atoms with Crippen LogP contribution in [0.2, 0.25) is 5.02 Å². The molecule has 3 rings (SSSR count). The van der Waals surface area contributed by atoms with Gasteiger partial charge in [-0.25, -0.2) is 0 Å². The fourth-order valence-corrected chi connectivity index (χ4v) is 4.03. The van der Waals surface area contributed by atoms with E-state index in [1.807, 2.05) is 0 Å². The molecule has 2 unspecified atom stereocenters. The Balaban J connectivity index is 1.74. The van der Waals surface area contributed by atoms with Crippen LogP contribution in [0.4, 0.5) is 5.69 Å². The first-order valence-corrected chi connectivity index (χ1v) is 8.34. The van der Waals surface area contributed by atoms with Crippen LogP contribution in [0.25, 0.3) is 0 Å². The Labute approximate surface area is 127 Å². The van der Waals surface area contributed by atoms with Crippen molar-refractivity contribution in [3.63, 3.8) is 0 Å². The van der Waals surface area contributed by atoms with E-state index in [2.05, 4.69) is 42.3 Å². The number of rotatable bonds is 4. The van der Waals surface area contributed by atoms with Gasteiger partial charge in [0.15, 0.2) is 0 Å². The number of anilines is 1. The molecule has 1 aromatic rings. The SMILES string of the molecule is CCCNC1CC2CCC(C1)N2c1ccc(C)c(Cl)c1. The van der Waals surface area contributed by atoms with Crippen LogP contribution in [0.1, 0.15) is 44.6 Å². The van der Waals surface area contributed by atoms with Gasteiger partial charge in [0.2, 0.25) is 0 Å². The normalized spacial score (nSPS) is 28.9. The van der Waals surface area contributed by atoms with Gasteiger partial charge in [0.05, 0.1) is 0 Å². The summed E-state index contributed by atoms with van der Waals surface area (Å²) in [6, 6.07) is 8.65. The molecule has 2 nitrogen and oxygen atoms in total. The minimum atomic E-state index is 0.696. The van der Waals surface area contributed by atoms with Crippen LogP contribution < -0.4 is 10.2 Å². The van der Waals surface area contributed by atoms with E-state index in [9.17, 15) is 0 Å². The quantitative estimate of drug-likeness (QED) is 0.897. The number of aryl methyl sites for hydroxylation is 1. The molecule has 2 saturated heterocycles. The van der Waals surface area contributed by atoms with Gasteiger partial charge in [-0.15, -0.1) is 0 Å². The summed E-state index contributed by atoms with van der Waals surface area (Å²) in [5.74, 6) is 0. The maximum absolute atomic E-state index is 6.31. The second-order valence-corrected chi connectivity index (χ2v) is 6.76. The summed E-state index contributed by atoms with van der Waals surface area (Å²) in [7, 11) is 0. The third-order valence-electron chi connectivity index (χ3n) is 4.87. The summed E-state index contributed by atoms with van der Waals surface area (Å²) < 4.78 is 0. The van der Waals surface area contributed by atoms with E-state index < -0.39 is 0 Å². The van der Waals surface area contributed by atoms with Crippen LogP contribution >= 0.6 is 11.6 Å². The number of nitrogens with zero attached hydrogens (tertiary/aromatic N) is 1. The maximum Gasteiger partial charge on any atom is 0.0455 e. The summed E-state index contributed by atoms with van der Waals surface area (Å²) in [5.41, 5.74) is 2.49. The fourth-order valence-electron chi connectivity index (χ4n) is 3.86. The highest BCUT2D eigenvalue weighted by Gasteiger charge is 2.40. The topological polar surface area (TPSA) is 15.3 Å². The molecule has 2 aliphatic heterocycles. The number of hydrogen-bond donors (Lipinski definition) is 1. The number of piperidine rings is 1.